The van der Waals surface area contributed by atoms with E-state index in [0.717, 1.165) is 16.7 Å². The molecule has 0 aliphatic rings. The van der Waals surface area contributed by atoms with Crippen molar-refractivity contribution in [1.29, 1.82) is 0 Å². The topological polar surface area (TPSA) is 43.1 Å². The van der Waals surface area contributed by atoms with Crippen LogP contribution < -0.4 is 5.73 Å². The smallest absolute Gasteiger partial charge is 0.241 e. The highest BCUT2D eigenvalue weighted by Crippen LogP contribution is 2.05. The molecule has 0 atom stereocenters. The van der Waals surface area contributed by atoms with Crippen molar-refractivity contribution in [2.24, 2.45) is 5.73 Å². The summed E-state index contributed by atoms with van der Waals surface area (Å²) in [5, 5.41) is 0. The van der Waals surface area contributed by atoms with Crippen LogP contribution in [-0.2, 0) is 4.79 Å². The van der Waals surface area contributed by atoms with E-state index in [1.807, 2.05) is 54.6 Å². The van der Waals surface area contributed by atoms with Gasteiger partial charge < -0.3 is 5.73 Å². The van der Waals surface area contributed by atoms with Crippen LogP contribution in [0.3, 0.4) is 0 Å². The molecule has 0 saturated carbocycles. The molecule has 0 aromatic heterocycles. The summed E-state index contributed by atoms with van der Waals surface area (Å²) in [5.41, 5.74) is 7.87. The highest BCUT2D eigenvalue weighted by molar-refractivity contribution is 5.90. The Bertz CT molecular complexity index is 643. The van der Waals surface area contributed by atoms with Crippen molar-refractivity contribution < 1.29 is 4.79 Å². The number of rotatable bonds is 2. The zero-order valence-corrected chi connectivity index (χ0v) is 10.3. The fraction of sp³-hybridized carbons (Fsp3) is 0. The summed E-state index contributed by atoms with van der Waals surface area (Å²) in [7, 11) is 0. The molecule has 92 valence electrons. The predicted octanol–water partition coefficient (Wildman–Crippen LogP) is 2.58. The zero-order valence-electron chi connectivity index (χ0n) is 10.3. The molecule has 1 amide bonds. The Kier molecular flexibility index (Phi) is 4.15. The average molecular weight is 247 g/mol. The van der Waals surface area contributed by atoms with Crippen molar-refractivity contribution in [3.8, 4) is 11.8 Å². The van der Waals surface area contributed by atoms with Crippen LogP contribution in [0.1, 0.15) is 16.7 Å². The van der Waals surface area contributed by atoms with Crippen LogP contribution in [0.2, 0.25) is 0 Å². The molecular weight excluding hydrogens is 234 g/mol. The number of benzene rings is 2. The van der Waals surface area contributed by atoms with Crippen LogP contribution in [0.25, 0.3) is 6.08 Å². The summed E-state index contributed by atoms with van der Waals surface area (Å²) in [6.07, 6.45) is 3.02. The number of carbonyl (C=O) groups is 1. The Morgan fingerprint density at radius 3 is 2.05 bits per heavy atom. The Hall–Kier alpha value is -2.79. The molecule has 0 radical (unpaired) electrons. The van der Waals surface area contributed by atoms with Gasteiger partial charge in [-0.15, -0.1) is 0 Å². The van der Waals surface area contributed by atoms with Gasteiger partial charge in [0.15, 0.2) is 0 Å². The molecule has 2 N–H and O–H groups in total. The molecule has 2 heteroatoms. The Balaban J connectivity index is 2.12. The summed E-state index contributed by atoms with van der Waals surface area (Å²) in [6, 6.07) is 17.4. The maximum Gasteiger partial charge on any atom is 0.241 e. The number of carbonyl (C=O) groups excluding carboxylic acids is 1. The maximum atomic E-state index is 10.6. The first-order valence-corrected chi connectivity index (χ1v) is 5.89. The van der Waals surface area contributed by atoms with E-state index in [0.29, 0.717) is 0 Å². The van der Waals surface area contributed by atoms with Gasteiger partial charge in [-0.2, -0.15) is 0 Å². The third kappa shape index (κ3) is 4.18. The van der Waals surface area contributed by atoms with Gasteiger partial charge in [-0.05, 0) is 35.9 Å². The van der Waals surface area contributed by atoms with E-state index in [4.69, 9.17) is 5.73 Å². The van der Waals surface area contributed by atoms with Crippen LogP contribution in [0, 0.1) is 11.8 Å². The minimum absolute atomic E-state index is 0.451. The van der Waals surface area contributed by atoms with Gasteiger partial charge in [-0.1, -0.05) is 42.2 Å². The van der Waals surface area contributed by atoms with E-state index in [1.54, 1.807) is 6.08 Å². The van der Waals surface area contributed by atoms with Crippen LogP contribution in [-0.4, -0.2) is 5.91 Å². The molecule has 2 aromatic rings. The molecule has 0 saturated heterocycles. The molecule has 0 unspecified atom stereocenters. The minimum Gasteiger partial charge on any atom is -0.366 e. The first kappa shape index (κ1) is 12.7. The quantitative estimate of drug-likeness (QED) is 0.643. The van der Waals surface area contributed by atoms with E-state index in [1.165, 1.54) is 6.08 Å². The van der Waals surface area contributed by atoms with Gasteiger partial charge in [0.05, 0.1) is 0 Å². The van der Waals surface area contributed by atoms with E-state index >= 15 is 0 Å². The highest BCUT2D eigenvalue weighted by Gasteiger charge is 1.90. The van der Waals surface area contributed by atoms with Gasteiger partial charge in [-0.25, -0.2) is 0 Å². The molecule has 19 heavy (non-hydrogen) atoms. The molecule has 0 spiro atoms. The molecular formula is C17H13NO. The van der Waals surface area contributed by atoms with Crippen molar-refractivity contribution >= 4 is 12.0 Å². The maximum absolute atomic E-state index is 10.6. The summed E-state index contributed by atoms with van der Waals surface area (Å²) in [6.45, 7) is 0. The molecule has 0 bridgehead atoms. The number of nitrogens with two attached hydrogens (primary N) is 1. The lowest BCUT2D eigenvalue weighted by Gasteiger charge is -1.93. The number of amides is 1. The third-order valence-corrected chi connectivity index (χ3v) is 2.48. The second-order valence-electron chi connectivity index (χ2n) is 3.97. The van der Waals surface area contributed by atoms with Crippen molar-refractivity contribution in [2.75, 3.05) is 0 Å². The van der Waals surface area contributed by atoms with Gasteiger partial charge in [-0.3, -0.25) is 4.79 Å². The molecule has 2 nitrogen and oxygen atoms in total. The van der Waals surface area contributed by atoms with E-state index in [9.17, 15) is 4.79 Å². The highest BCUT2D eigenvalue weighted by atomic mass is 16.1. The van der Waals surface area contributed by atoms with Gasteiger partial charge in [0.25, 0.3) is 0 Å². The molecule has 2 aromatic carbocycles. The molecule has 0 fully saturated rings. The standard InChI is InChI=1S/C17H13NO/c18-17(19)13-12-16-10-8-15(9-11-16)7-6-14-4-2-1-3-5-14/h1-5,8-13H,(H2,18,19)/b13-12-. The SMILES string of the molecule is NC(=O)/C=C\c1ccc(C#Cc2ccccc2)cc1. The molecule has 0 aliphatic carbocycles. The van der Waals surface area contributed by atoms with Gasteiger partial charge in [0, 0.05) is 17.2 Å². The lowest BCUT2D eigenvalue weighted by molar-refractivity contribution is -0.113. The molecule has 0 aliphatic heterocycles. The first-order valence-electron chi connectivity index (χ1n) is 5.89. The monoisotopic (exact) mass is 247 g/mol. The van der Waals surface area contributed by atoms with Crippen molar-refractivity contribution in [3.05, 3.63) is 77.4 Å². The first-order chi connectivity index (χ1) is 9.24. The van der Waals surface area contributed by atoms with Crippen LogP contribution in [0.4, 0.5) is 0 Å². The molecule has 2 rings (SSSR count). The van der Waals surface area contributed by atoms with Gasteiger partial charge in [0.1, 0.15) is 0 Å². The van der Waals surface area contributed by atoms with Crippen molar-refractivity contribution in [3.63, 3.8) is 0 Å². The molecule has 0 heterocycles. The summed E-state index contributed by atoms with van der Waals surface area (Å²) < 4.78 is 0. The van der Waals surface area contributed by atoms with Crippen LogP contribution >= 0.6 is 0 Å². The summed E-state index contributed by atoms with van der Waals surface area (Å²) >= 11 is 0. The number of primary amides is 1. The second-order valence-corrected chi connectivity index (χ2v) is 3.97. The van der Waals surface area contributed by atoms with Crippen molar-refractivity contribution in [1.82, 2.24) is 0 Å². The Labute approximate surface area is 112 Å². The van der Waals surface area contributed by atoms with Crippen molar-refractivity contribution in [2.45, 2.75) is 0 Å². The summed E-state index contributed by atoms with van der Waals surface area (Å²) in [4.78, 5) is 10.6. The lowest BCUT2D eigenvalue weighted by atomic mass is 10.1. The van der Waals surface area contributed by atoms with E-state index < -0.39 is 5.91 Å². The lowest BCUT2D eigenvalue weighted by Crippen LogP contribution is -2.04. The minimum atomic E-state index is -0.451. The number of hydrogen-bond acceptors (Lipinski definition) is 1. The average Bonchev–Trinajstić information content (AvgIpc) is 2.45. The fourth-order valence-electron chi connectivity index (χ4n) is 1.52. The second kappa shape index (κ2) is 6.23. The Morgan fingerprint density at radius 1 is 0.895 bits per heavy atom. The normalized spacial score (nSPS) is 9.89. The van der Waals surface area contributed by atoms with E-state index in [2.05, 4.69) is 11.8 Å². The fourth-order valence-corrected chi connectivity index (χ4v) is 1.52. The van der Waals surface area contributed by atoms with Crippen LogP contribution in [0.5, 0.6) is 0 Å². The van der Waals surface area contributed by atoms with Crippen LogP contribution in [0.15, 0.2) is 60.7 Å². The Morgan fingerprint density at radius 2 is 1.47 bits per heavy atom. The van der Waals surface area contributed by atoms with Gasteiger partial charge >= 0.3 is 0 Å². The third-order valence-electron chi connectivity index (χ3n) is 2.48. The zero-order chi connectivity index (χ0) is 13.5. The largest absolute Gasteiger partial charge is 0.366 e. The van der Waals surface area contributed by atoms with E-state index in [-0.39, 0.29) is 0 Å². The summed E-state index contributed by atoms with van der Waals surface area (Å²) in [5.74, 6) is 5.72. The number of hydrogen-bond donors (Lipinski definition) is 1. The predicted molar refractivity (Wildman–Crippen MR) is 77.1 cm³/mol. The van der Waals surface area contributed by atoms with Gasteiger partial charge in [0.2, 0.25) is 5.91 Å².